The number of hydrogen-bond acceptors (Lipinski definition) is 2. The molecular formula is C9H14ClNO2. The lowest BCUT2D eigenvalue weighted by Crippen LogP contribution is -3.00. The summed E-state index contributed by atoms with van der Waals surface area (Å²) >= 11 is 0. The molecular weight excluding hydrogens is 190 g/mol. The molecule has 1 aromatic carbocycles. The van der Waals surface area contributed by atoms with Gasteiger partial charge in [0.05, 0.1) is 12.5 Å². The van der Waals surface area contributed by atoms with Crippen LogP contribution in [0.2, 0.25) is 0 Å². The molecule has 1 aromatic rings. The Kier molecular flexibility index (Phi) is 5.66. The van der Waals surface area contributed by atoms with E-state index in [-0.39, 0.29) is 24.9 Å². The van der Waals surface area contributed by atoms with Crippen LogP contribution in [0.3, 0.4) is 0 Å². The molecule has 5 N–H and O–H groups in total. The second-order valence-electron chi connectivity index (χ2n) is 2.77. The van der Waals surface area contributed by atoms with E-state index in [4.69, 9.17) is 5.11 Å². The third kappa shape index (κ3) is 3.32. The average molecular weight is 204 g/mol. The van der Waals surface area contributed by atoms with Gasteiger partial charge in [0, 0.05) is 0 Å². The van der Waals surface area contributed by atoms with Crippen molar-refractivity contribution in [3.8, 4) is 0 Å². The molecule has 0 saturated heterocycles. The van der Waals surface area contributed by atoms with Gasteiger partial charge in [-0.2, -0.15) is 0 Å². The van der Waals surface area contributed by atoms with Crippen LogP contribution in [0.25, 0.3) is 0 Å². The van der Waals surface area contributed by atoms with Gasteiger partial charge in [-0.3, -0.25) is 0 Å². The zero-order valence-corrected chi connectivity index (χ0v) is 7.98. The fourth-order valence-corrected chi connectivity index (χ4v) is 1.15. The zero-order chi connectivity index (χ0) is 8.97. The van der Waals surface area contributed by atoms with Gasteiger partial charge in [0.1, 0.15) is 0 Å². The summed E-state index contributed by atoms with van der Waals surface area (Å²) < 4.78 is 0. The van der Waals surface area contributed by atoms with Crippen molar-refractivity contribution in [3.63, 3.8) is 0 Å². The van der Waals surface area contributed by atoms with Crippen molar-refractivity contribution in [1.29, 1.82) is 0 Å². The summed E-state index contributed by atoms with van der Waals surface area (Å²) in [6, 6.07) is 9.39. The maximum absolute atomic E-state index is 9.19. The molecule has 0 heterocycles. The number of quaternary nitrogens is 1. The molecule has 0 bridgehead atoms. The Hall–Kier alpha value is -0.610. The molecule has 0 aromatic heterocycles. The Morgan fingerprint density at radius 3 is 2.15 bits per heavy atom. The number of aliphatic hydroxyl groups is 2. The van der Waals surface area contributed by atoms with Crippen LogP contribution in [0.1, 0.15) is 11.5 Å². The van der Waals surface area contributed by atoms with Gasteiger partial charge in [-0.25, -0.2) is 0 Å². The number of rotatable bonds is 3. The Morgan fingerprint density at radius 2 is 1.77 bits per heavy atom. The van der Waals surface area contributed by atoms with E-state index in [1.165, 1.54) is 0 Å². The third-order valence-corrected chi connectivity index (χ3v) is 1.89. The highest BCUT2D eigenvalue weighted by atomic mass is 35.5. The van der Waals surface area contributed by atoms with Crippen molar-refractivity contribution in [2.24, 2.45) is 0 Å². The molecule has 2 atom stereocenters. The lowest BCUT2D eigenvalue weighted by Gasteiger charge is -2.14. The highest BCUT2D eigenvalue weighted by Crippen LogP contribution is 2.15. The van der Waals surface area contributed by atoms with E-state index in [0.717, 1.165) is 5.56 Å². The van der Waals surface area contributed by atoms with Gasteiger partial charge in [-0.1, -0.05) is 30.3 Å². The number of aliphatic hydroxyl groups excluding tert-OH is 2. The Balaban J connectivity index is 0.00000144. The van der Waals surface area contributed by atoms with Crippen molar-refractivity contribution in [2.45, 2.75) is 12.1 Å². The van der Waals surface area contributed by atoms with Crippen LogP contribution in [-0.4, -0.2) is 23.0 Å². The molecule has 2 unspecified atom stereocenters. The summed E-state index contributed by atoms with van der Waals surface area (Å²) in [5.74, 6) is -0.272. The molecule has 4 heteroatoms. The quantitative estimate of drug-likeness (QED) is 0.443. The summed E-state index contributed by atoms with van der Waals surface area (Å²) in [7, 11) is 0. The smallest absolute Gasteiger partial charge is 0.195 e. The maximum atomic E-state index is 9.19. The van der Waals surface area contributed by atoms with Crippen molar-refractivity contribution in [3.05, 3.63) is 35.9 Å². The molecule has 0 amide bonds. The van der Waals surface area contributed by atoms with Crippen molar-refractivity contribution in [2.75, 3.05) is 6.61 Å². The maximum Gasteiger partial charge on any atom is 0.195 e. The molecule has 0 saturated carbocycles. The molecule has 3 nitrogen and oxygen atoms in total. The Morgan fingerprint density at radius 1 is 1.23 bits per heavy atom. The van der Waals surface area contributed by atoms with E-state index in [1.807, 2.05) is 30.3 Å². The van der Waals surface area contributed by atoms with E-state index < -0.39 is 6.23 Å². The topological polar surface area (TPSA) is 68.1 Å². The molecule has 13 heavy (non-hydrogen) atoms. The molecule has 0 spiro atoms. The van der Waals surface area contributed by atoms with Crippen LogP contribution >= 0.6 is 0 Å². The standard InChI is InChI=1S/C9H13NO2.ClH/c10-9(12)8(6-11)7-4-2-1-3-5-7;/h1-5,8-9,11-12H,6,10H2;1H. The summed E-state index contributed by atoms with van der Waals surface area (Å²) in [5.41, 5.74) is 4.40. The zero-order valence-electron chi connectivity index (χ0n) is 7.23. The first-order valence-corrected chi connectivity index (χ1v) is 3.92. The summed E-state index contributed by atoms with van der Waals surface area (Å²) in [6.07, 6.45) is -0.752. The summed E-state index contributed by atoms with van der Waals surface area (Å²) in [4.78, 5) is 0. The largest absolute Gasteiger partial charge is 1.00 e. The predicted molar refractivity (Wildman–Crippen MR) is 45.2 cm³/mol. The first-order valence-electron chi connectivity index (χ1n) is 3.92. The van der Waals surface area contributed by atoms with Crippen molar-refractivity contribution in [1.82, 2.24) is 0 Å². The lowest BCUT2D eigenvalue weighted by atomic mass is 9.99. The minimum atomic E-state index is -0.752. The van der Waals surface area contributed by atoms with Crippen LogP contribution in [0.5, 0.6) is 0 Å². The molecule has 1 rings (SSSR count). The lowest BCUT2D eigenvalue weighted by molar-refractivity contribution is -0.489. The van der Waals surface area contributed by atoms with Crippen LogP contribution in [0.15, 0.2) is 30.3 Å². The number of halogens is 1. The fraction of sp³-hybridized carbons (Fsp3) is 0.333. The molecule has 0 aliphatic heterocycles. The Bertz CT molecular complexity index is 228. The summed E-state index contributed by atoms with van der Waals surface area (Å²) in [6.45, 7) is -0.0747. The molecule has 0 aliphatic rings. The average Bonchev–Trinajstić information content (AvgIpc) is 2.07. The van der Waals surface area contributed by atoms with Crippen molar-refractivity contribution < 1.29 is 28.4 Å². The number of benzene rings is 1. The minimum Gasteiger partial charge on any atom is -1.00 e. The van der Waals surface area contributed by atoms with Crippen molar-refractivity contribution >= 4 is 0 Å². The molecule has 0 radical (unpaired) electrons. The van der Waals surface area contributed by atoms with Gasteiger partial charge < -0.3 is 28.4 Å². The van der Waals surface area contributed by atoms with E-state index >= 15 is 0 Å². The van der Waals surface area contributed by atoms with Gasteiger partial charge in [0.15, 0.2) is 6.23 Å². The highest BCUT2D eigenvalue weighted by Gasteiger charge is 2.18. The van der Waals surface area contributed by atoms with Gasteiger partial charge >= 0.3 is 0 Å². The van der Waals surface area contributed by atoms with Crippen LogP contribution < -0.4 is 18.1 Å². The Labute approximate surface area is 83.6 Å². The predicted octanol–water partition coefficient (Wildman–Crippen LogP) is -3.67. The van der Waals surface area contributed by atoms with Gasteiger partial charge in [-0.05, 0) is 5.56 Å². The van der Waals surface area contributed by atoms with E-state index in [9.17, 15) is 5.11 Å². The second kappa shape index (κ2) is 5.94. The molecule has 0 aliphatic carbocycles. The minimum absolute atomic E-state index is 0. The number of hydrogen-bond donors (Lipinski definition) is 3. The van der Waals surface area contributed by atoms with Gasteiger partial charge in [0.2, 0.25) is 0 Å². The van der Waals surface area contributed by atoms with Crippen LogP contribution in [0, 0.1) is 0 Å². The highest BCUT2D eigenvalue weighted by molar-refractivity contribution is 5.19. The van der Waals surface area contributed by atoms with Crippen LogP contribution in [-0.2, 0) is 0 Å². The summed E-state index contributed by atoms with van der Waals surface area (Å²) in [5, 5.41) is 18.1. The first-order chi connectivity index (χ1) is 5.75. The van der Waals surface area contributed by atoms with E-state index in [2.05, 4.69) is 5.73 Å². The third-order valence-electron chi connectivity index (χ3n) is 1.89. The first kappa shape index (κ1) is 12.4. The fourth-order valence-electron chi connectivity index (χ4n) is 1.15. The van der Waals surface area contributed by atoms with E-state index in [0.29, 0.717) is 0 Å². The van der Waals surface area contributed by atoms with Gasteiger partial charge in [0.25, 0.3) is 0 Å². The molecule has 74 valence electrons. The van der Waals surface area contributed by atoms with E-state index in [1.54, 1.807) is 0 Å². The SMILES string of the molecule is [Cl-].[NH3+]C(O)C(CO)c1ccccc1. The van der Waals surface area contributed by atoms with Crippen LogP contribution in [0.4, 0.5) is 0 Å². The van der Waals surface area contributed by atoms with Gasteiger partial charge in [-0.15, -0.1) is 0 Å². The molecule has 0 fully saturated rings. The normalized spacial score (nSPS) is 14.4. The second-order valence-corrected chi connectivity index (χ2v) is 2.77. The monoisotopic (exact) mass is 203 g/mol.